The van der Waals surface area contributed by atoms with Crippen molar-refractivity contribution in [3.05, 3.63) is 58.1 Å². The molecule has 100 valence electrons. The van der Waals surface area contributed by atoms with Crippen LogP contribution in [-0.4, -0.2) is 4.21 Å². The lowest BCUT2D eigenvalue weighted by Gasteiger charge is -2.06. The average Bonchev–Trinajstić information content (AvgIpc) is 2.33. The van der Waals surface area contributed by atoms with E-state index < -0.39 is 22.4 Å². The SMILES string of the molecule is Nc1cc(F)cc(S(=O)Cc2cccc(F)c2Br)c1. The molecular formula is C13H10BrF2NOS. The lowest BCUT2D eigenvalue weighted by Crippen LogP contribution is -2.00. The second kappa shape index (κ2) is 5.79. The fourth-order valence-electron chi connectivity index (χ4n) is 1.60. The zero-order valence-electron chi connectivity index (χ0n) is 9.70. The highest BCUT2D eigenvalue weighted by Gasteiger charge is 2.11. The monoisotopic (exact) mass is 345 g/mol. The molecule has 2 N–H and O–H groups in total. The molecule has 2 aromatic rings. The molecule has 1 atom stereocenters. The molecule has 0 bridgehead atoms. The number of benzene rings is 2. The van der Waals surface area contributed by atoms with E-state index in [2.05, 4.69) is 15.9 Å². The van der Waals surface area contributed by atoms with E-state index in [4.69, 9.17) is 5.73 Å². The Morgan fingerprint density at radius 2 is 1.95 bits per heavy atom. The van der Waals surface area contributed by atoms with E-state index in [1.54, 1.807) is 6.07 Å². The van der Waals surface area contributed by atoms with E-state index in [1.807, 2.05) is 0 Å². The van der Waals surface area contributed by atoms with Crippen LogP contribution < -0.4 is 5.73 Å². The van der Waals surface area contributed by atoms with Gasteiger partial charge in [-0.2, -0.15) is 0 Å². The first-order valence-electron chi connectivity index (χ1n) is 5.34. The summed E-state index contributed by atoms with van der Waals surface area (Å²) in [4.78, 5) is 0.286. The van der Waals surface area contributed by atoms with Crippen molar-refractivity contribution in [3.8, 4) is 0 Å². The van der Waals surface area contributed by atoms with E-state index in [0.29, 0.717) is 5.56 Å². The van der Waals surface area contributed by atoms with Crippen LogP contribution in [0, 0.1) is 11.6 Å². The molecule has 0 heterocycles. The largest absolute Gasteiger partial charge is 0.399 e. The van der Waals surface area contributed by atoms with Crippen LogP contribution in [0.5, 0.6) is 0 Å². The quantitative estimate of drug-likeness (QED) is 0.863. The summed E-state index contributed by atoms with van der Waals surface area (Å²) in [6, 6.07) is 8.27. The third-order valence-corrected chi connectivity index (χ3v) is 4.70. The van der Waals surface area contributed by atoms with E-state index in [9.17, 15) is 13.0 Å². The van der Waals surface area contributed by atoms with Gasteiger partial charge in [0.15, 0.2) is 0 Å². The third-order valence-electron chi connectivity index (χ3n) is 2.47. The summed E-state index contributed by atoms with van der Waals surface area (Å²) in [5.41, 5.74) is 6.27. The molecule has 0 spiro atoms. The predicted octanol–water partition coefficient (Wildman–Crippen LogP) is 3.62. The summed E-state index contributed by atoms with van der Waals surface area (Å²) >= 11 is 3.10. The lowest BCUT2D eigenvalue weighted by molar-refractivity contribution is 0.618. The summed E-state index contributed by atoms with van der Waals surface area (Å²) in [6.45, 7) is 0. The molecule has 0 radical (unpaired) electrons. The molecule has 1 unspecified atom stereocenters. The Hall–Kier alpha value is -1.27. The van der Waals surface area contributed by atoms with Crippen molar-refractivity contribution in [2.45, 2.75) is 10.6 Å². The standard InChI is InChI=1S/C13H10BrF2NOS/c14-13-8(2-1-3-12(13)16)7-19(18)11-5-9(15)4-10(17)6-11/h1-6H,7,17H2. The molecule has 0 aliphatic rings. The molecule has 0 aromatic heterocycles. The Kier molecular flexibility index (Phi) is 4.31. The van der Waals surface area contributed by atoms with Gasteiger partial charge in [-0.05, 0) is 45.8 Å². The number of nitrogens with two attached hydrogens (primary N) is 1. The summed E-state index contributed by atoms with van der Waals surface area (Å²) in [6.07, 6.45) is 0. The van der Waals surface area contributed by atoms with Gasteiger partial charge in [0.2, 0.25) is 0 Å². The van der Waals surface area contributed by atoms with Crippen LogP contribution in [-0.2, 0) is 16.6 Å². The van der Waals surface area contributed by atoms with Crippen LogP contribution in [0.2, 0.25) is 0 Å². The minimum atomic E-state index is -1.49. The topological polar surface area (TPSA) is 43.1 Å². The molecule has 0 saturated carbocycles. The van der Waals surface area contributed by atoms with Gasteiger partial charge in [-0.25, -0.2) is 8.78 Å². The highest BCUT2D eigenvalue weighted by molar-refractivity contribution is 9.10. The van der Waals surface area contributed by atoms with E-state index in [1.165, 1.54) is 24.3 Å². The molecule has 0 aliphatic carbocycles. The zero-order valence-corrected chi connectivity index (χ0v) is 12.1. The van der Waals surface area contributed by atoms with E-state index >= 15 is 0 Å². The van der Waals surface area contributed by atoms with Gasteiger partial charge < -0.3 is 5.73 Å². The van der Waals surface area contributed by atoms with Crippen LogP contribution in [0.4, 0.5) is 14.5 Å². The molecule has 2 aromatic carbocycles. The van der Waals surface area contributed by atoms with Gasteiger partial charge in [0.1, 0.15) is 11.6 Å². The molecular weight excluding hydrogens is 336 g/mol. The maximum atomic E-state index is 13.3. The summed E-state index contributed by atoms with van der Waals surface area (Å²) in [7, 11) is -1.49. The van der Waals surface area contributed by atoms with Crippen molar-refractivity contribution in [1.82, 2.24) is 0 Å². The van der Waals surface area contributed by atoms with Crippen LogP contribution in [0.25, 0.3) is 0 Å². The Morgan fingerprint density at radius 3 is 2.63 bits per heavy atom. The van der Waals surface area contributed by atoms with Gasteiger partial charge >= 0.3 is 0 Å². The van der Waals surface area contributed by atoms with Crippen molar-refractivity contribution in [2.75, 3.05) is 5.73 Å². The third kappa shape index (κ3) is 3.39. The van der Waals surface area contributed by atoms with Crippen LogP contribution in [0.15, 0.2) is 45.8 Å². The molecule has 2 nitrogen and oxygen atoms in total. The maximum absolute atomic E-state index is 13.3. The minimum absolute atomic E-state index is 0.0846. The highest BCUT2D eigenvalue weighted by Crippen LogP contribution is 2.24. The number of nitrogen functional groups attached to an aromatic ring is 1. The van der Waals surface area contributed by atoms with Gasteiger partial charge in [-0.3, -0.25) is 4.21 Å². The Bertz CT molecular complexity index is 628. The Balaban J connectivity index is 2.28. The number of anilines is 1. The number of hydrogen-bond donors (Lipinski definition) is 1. The average molecular weight is 346 g/mol. The first kappa shape index (κ1) is 14.1. The second-order valence-electron chi connectivity index (χ2n) is 3.92. The van der Waals surface area contributed by atoms with E-state index in [0.717, 1.165) is 6.07 Å². The first-order chi connectivity index (χ1) is 8.97. The zero-order chi connectivity index (χ0) is 14.0. The molecule has 19 heavy (non-hydrogen) atoms. The summed E-state index contributed by atoms with van der Waals surface area (Å²) in [5.74, 6) is -0.878. The van der Waals surface area contributed by atoms with Crippen molar-refractivity contribution in [2.24, 2.45) is 0 Å². The van der Waals surface area contributed by atoms with Crippen LogP contribution in [0.3, 0.4) is 0 Å². The van der Waals surface area contributed by atoms with Crippen LogP contribution >= 0.6 is 15.9 Å². The maximum Gasteiger partial charge on any atom is 0.137 e. The number of halogens is 3. The van der Waals surface area contributed by atoms with E-state index in [-0.39, 0.29) is 20.8 Å². The van der Waals surface area contributed by atoms with Gasteiger partial charge in [0.05, 0.1) is 21.0 Å². The van der Waals surface area contributed by atoms with Crippen molar-refractivity contribution in [3.63, 3.8) is 0 Å². The van der Waals surface area contributed by atoms with Gasteiger partial charge in [0, 0.05) is 10.6 Å². The highest BCUT2D eigenvalue weighted by atomic mass is 79.9. The molecule has 2 rings (SSSR count). The van der Waals surface area contributed by atoms with Gasteiger partial charge in [-0.1, -0.05) is 12.1 Å². The fourth-order valence-corrected chi connectivity index (χ4v) is 3.39. The van der Waals surface area contributed by atoms with Gasteiger partial charge in [-0.15, -0.1) is 0 Å². The van der Waals surface area contributed by atoms with Crippen molar-refractivity contribution < 1.29 is 13.0 Å². The molecule has 0 amide bonds. The van der Waals surface area contributed by atoms with Crippen molar-refractivity contribution >= 4 is 32.4 Å². The first-order valence-corrected chi connectivity index (χ1v) is 7.46. The Morgan fingerprint density at radius 1 is 1.21 bits per heavy atom. The minimum Gasteiger partial charge on any atom is -0.399 e. The lowest BCUT2D eigenvalue weighted by atomic mass is 10.2. The molecule has 0 saturated heterocycles. The van der Waals surface area contributed by atoms with Crippen LogP contribution in [0.1, 0.15) is 5.56 Å². The summed E-state index contributed by atoms with van der Waals surface area (Å²) < 4.78 is 38.9. The predicted molar refractivity (Wildman–Crippen MR) is 75.0 cm³/mol. The molecule has 0 aliphatic heterocycles. The molecule has 0 fully saturated rings. The Labute approximate surface area is 120 Å². The van der Waals surface area contributed by atoms with Crippen molar-refractivity contribution in [1.29, 1.82) is 0 Å². The fraction of sp³-hybridized carbons (Fsp3) is 0.0769. The smallest absolute Gasteiger partial charge is 0.137 e. The summed E-state index contributed by atoms with van der Waals surface area (Å²) in [5, 5.41) is 0. The molecule has 6 heteroatoms. The number of rotatable bonds is 3. The second-order valence-corrected chi connectivity index (χ2v) is 6.17. The normalized spacial score (nSPS) is 12.4. The van der Waals surface area contributed by atoms with Gasteiger partial charge in [0.25, 0.3) is 0 Å². The number of hydrogen-bond acceptors (Lipinski definition) is 2.